The van der Waals surface area contributed by atoms with E-state index in [1.54, 1.807) is 0 Å². The van der Waals surface area contributed by atoms with Crippen LogP contribution >= 0.6 is 0 Å². The second kappa shape index (κ2) is 5.85. The van der Waals surface area contributed by atoms with Crippen LogP contribution in [0.25, 0.3) is 0 Å². The predicted octanol–water partition coefficient (Wildman–Crippen LogP) is 4.13. The number of oxime groups is 1. The van der Waals surface area contributed by atoms with Gasteiger partial charge in [-0.3, -0.25) is 0 Å². The number of rotatable bonds is 5. The van der Waals surface area contributed by atoms with Gasteiger partial charge in [0, 0.05) is 6.42 Å². The summed E-state index contributed by atoms with van der Waals surface area (Å²) in [6, 6.07) is 10.8. The lowest BCUT2D eigenvalue weighted by molar-refractivity contribution is 0.0759. The summed E-state index contributed by atoms with van der Waals surface area (Å²) in [4.78, 5) is 5.38. The first-order chi connectivity index (χ1) is 8.29. The number of hydrogen-bond acceptors (Lipinski definition) is 2. The monoisotopic (exact) mass is 231 g/mol. The SMILES string of the molecule is CCC(CC[C@@H]1CC(C)=NO1)c1ccccc1. The van der Waals surface area contributed by atoms with Crippen LogP contribution in [0.4, 0.5) is 0 Å². The normalized spacial score (nSPS) is 20.8. The molecule has 0 spiro atoms. The van der Waals surface area contributed by atoms with Crippen molar-refractivity contribution in [2.75, 3.05) is 0 Å². The molecule has 0 bridgehead atoms. The molecule has 2 atom stereocenters. The second-order valence-corrected chi connectivity index (χ2v) is 4.85. The van der Waals surface area contributed by atoms with Crippen molar-refractivity contribution in [1.29, 1.82) is 0 Å². The summed E-state index contributed by atoms with van der Waals surface area (Å²) >= 11 is 0. The fourth-order valence-electron chi connectivity index (χ4n) is 2.44. The van der Waals surface area contributed by atoms with E-state index in [1.807, 2.05) is 6.92 Å². The third kappa shape index (κ3) is 3.32. The Morgan fingerprint density at radius 3 is 2.71 bits per heavy atom. The lowest BCUT2D eigenvalue weighted by Gasteiger charge is -2.17. The third-order valence-corrected chi connectivity index (χ3v) is 3.48. The van der Waals surface area contributed by atoms with Crippen molar-refractivity contribution in [3.05, 3.63) is 35.9 Å². The molecule has 0 radical (unpaired) electrons. The van der Waals surface area contributed by atoms with E-state index in [0.717, 1.165) is 18.6 Å². The Bertz CT molecular complexity index is 372. The van der Waals surface area contributed by atoms with Gasteiger partial charge in [0.15, 0.2) is 0 Å². The average molecular weight is 231 g/mol. The van der Waals surface area contributed by atoms with Gasteiger partial charge in [-0.25, -0.2) is 0 Å². The molecule has 0 amide bonds. The molecule has 0 aromatic heterocycles. The average Bonchev–Trinajstić information content (AvgIpc) is 2.77. The highest BCUT2D eigenvalue weighted by molar-refractivity contribution is 5.82. The summed E-state index contributed by atoms with van der Waals surface area (Å²) in [5.41, 5.74) is 2.58. The van der Waals surface area contributed by atoms with Gasteiger partial charge < -0.3 is 4.84 Å². The Morgan fingerprint density at radius 1 is 1.35 bits per heavy atom. The minimum atomic E-state index is 0.313. The molecule has 92 valence electrons. The van der Waals surface area contributed by atoms with E-state index >= 15 is 0 Å². The van der Waals surface area contributed by atoms with Crippen LogP contribution < -0.4 is 0 Å². The molecule has 2 rings (SSSR count). The molecular weight excluding hydrogens is 210 g/mol. The highest BCUT2D eigenvalue weighted by Crippen LogP contribution is 2.27. The maximum atomic E-state index is 5.38. The molecule has 1 heterocycles. The molecule has 0 aliphatic carbocycles. The van der Waals surface area contributed by atoms with Crippen LogP contribution in [0.3, 0.4) is 0 Å². The highest BCUT2D eigenvalue weighted by Gasteiger charge is 2.19. The summed E-state index contributed by atoms with van der Waals surface area (Å²) < 4.78 is 0. The van der Waals surface area contributed by atoms with Crippen molar-refractivity contribution in [1.82, 2.24) is 0 Å². The fourth-order valence-corrected chi connectivity index (χ4v) is 2.44. The molecule has 0 saturated heterocycles. The minimum Gasteiger partial charge on any atom is -0.392 e. The van der Waals surface area contributed by atoms with Crippen LogP contribution in [-0.4, -0.2) is 11.8 Å². The van der Waals surface area contributed by atoms with Gasteiger partial charge in [-0.05, 0) is 37.7 Å². The van der Waals surface area contributed by atoms with Crippen LogP contribution in [-0.2, 0) is 4.84 Å². The molecule has 1 aromatic rings. The van der Waals surface area contributed by atoms with Gasteiger partial charge in [0.05, 0.1) is 5.71 Å². The van der Waals surface area contributed by atoms with Crippen LogP contribution in [0, 0.1) is 0 Å². The first kappa shape index (κ1) is 12.2. The quantitative estimate of drug-likeness (QED) is 0.746. The minimum absolute atomic E-state index is 0.313. The van der Waals surface area contributed by atoms with Gasteiger partial charge in [-0.1, -0.05) is 42.4 Å². The molecule has 1 aliphatic heterocycles. The van der Waals surface area contributed by atoms with E-state index in [1.165, 1.54) is 18.4 Å². The molecule has 0 fully saturated rings. The Kier molecular flexibility index (Phi) is 4.18. The summed E-state index contributed by atoms with van der Waals surface area (Å²) in [6.07, 6.45) is 4.80. The van der Waals surface area contributed by atoms with Crippen molar-refractivity contribution >= 4 is 5.71 Å². The van der Waals surface area contributed by atoms with Gasteiger partial charge >= 0.3 is 0 Å². The van der Waals surface area contributed by atoms with Crippen molar-refractivity contribution < 1.29 is 4.84 Å². The number of benzene rings is 1. The molecule has 1 unspecified atom stereocenters. The van der Waals surface area contributed by atoms with E-state index in [2.05, 4.69) is 42.4 Å². The van der Waals surface area contributed by atoms with Crippen LogP contribution in [0.15, 0.2) is 35.5 Å². The number of nitrogens with zero attached hydrogens (tertiary/aromatic N) is 1. The zero-order valence-corrected chi connectivity index (χ0v) is 10.7. The van der Waals surface area contributed by atoms with Gasteiger partial charge in [-0.2, -0.15) is 0 Å². The molecule has 2 heteroatoms. The van der Waals surface area contributed by atoms with E-state index in [-0.39, 0.29) is 0 Å². The van der Waals surface area contributed by atoms with Gasteiger partial charge in [0.1, 0.15) is 6.10 Å². The molecule has 1 aromatic carbocycles. The first-order valence-electron chi connectivity index (χ1n) is 6.53. The zero-order valence-electron chi connectivity index (χ0n) is 10.7. The lowest BCUT2D eigenvalue weighted by atomic mass is 9.90. The largest absolute Gasteiger partial charge is 0.392 e. The second-order valence-electron chi connectivity index (χ2n) is 4.85. The summed E-state index contributed by atoms with van der Waals surface area (Å²) in [5.74, 6) is 0.653. The summed E-state index contributed by atoms with van der Waals surface area (Å²) in [5, 5.41) is 4.01. The smallest absolute Gasteiger partial charge is 0.132 e. The molecule has 1 aliphatic rings. The van der Waals surface area contributed by atoms with Crippen molar-refractivity contribution in [2.24, 2.45) is 5.16 Å². The molecule has 17 heavy (non-hydrogen) atoms. The van der Waals surface area contributed by atoms with E-state index in [0.29, 0.717) is 12.0 Å². The summed E-state index contributed by atoms with van der Waals surface area (Å²) in [6.45, 7) is 4.30. The lowest BCUT2D eigenvalue weighted by Crippen LogP contribution is -2.09. The molecule has 0 saturated carbocycles. The van der Waals surface area contributed by atoms with Crippen molar-refractivity contribution in [3.8, 4) is 0 Å². The Morgan fingerprint density at radius 2 is 2.12 bits per heavy atom. The van der Waals surface area contributed by atoms with Crippen LogP contribution in [0.1, 0.15) is 51.0 Å². The number of hydrogen-bond donors (Lipinski definition) is 0. The van der Waals surface area contributed by atoms with Gasteiger partial charge in [0.2, 0.25) is 0 Å². The van der Waals surface area contributed by atoms with Gasteiger partial charge in [0.25, 0.3) is 0 Å². The van der Waals surface area contributed by atoms with Crippen LogP contribution in [0.5, 0.6) is 0 Å². The van der Waals surface area contributed by atoms with E-state index < -0.39 is 0 Å². The topological polar surface area (TPSA) is 21.6 Å². The first-order valence-corrected chi connectivity index (χ1v) is 6.53. The zero-order chi connectivity index (χ0) is 12.1. The maximum Gasteiger partial charge on any atom is 0.132 e. The molecular formula is C15H21NO. The molecule has 0 N–H and O–H groups in total. The molecule has 2 nitrogen and oxygen atoms in total. The van der Waals surface area contributed by atoms with E-state index in [9.17, 15) is 0 Å². The van der Waals surface area contributed by atoms with Crippen molar-refractivity contribution in [3.63, 3.8) is 0 Å². The third-order valence-electron chi connectivity index (χ3n) is 3.48. The van der Waals surface area contributed by atoms with Gasteiger partial charge in [-0.15, -0.1) is 0 Å². The fraction of sp³-hybridized carbons (Fsp3) is 0.533. The summed E-state index contributed by atoms with van der Waals surface area (Å²) in [7, 11) is 0. The predicted molar refractivity (Wildman–Crippen MR) is 71.3 cm³/mol. The van der Waals surface area contributed by atoms with E-state index in [4.69, 9.17) is 4.84 Å². The Labute approximate surface area is 104 Å². The van der Waals surface area contributed by atoms with Crippen molar-refractivity contribution in [2.45, 2.75) is 51.6 Å². The van der Waals surface area contributed by atoms with Crippen LogP contribution in [0.2, 0.25) is 0 Å². The maximum absolute atomic E-state index is 5.38. The highest BCUT2D eigenvalue weighted by atomic mass is 16.6. The Balaban J connectivity index is 1.85. The standard InChI is InChI=1S/C15H21NO/c1-3-13(14-7-5-4-6-8-14)9-10-15-11-12(2)16-17-15/h4-8,13,15H,3,9-11H2,1-2H3/t13?,15-/m1/s1. The Hall–Kier alpha value is -1.31.